The van der Waals surface area contributed by atoms with Gasteiger partial charge >= 0.3 is 0 Å². The highest BCUT2D eigenvalue weighted by Gasteiger charge is 2.28. The van der Waals surface area contributed by atoms with Crippen molar-refractivity contribution in [2.75, 3.05) is 72.4 Å². The molecule has 1 unspecified atom stereocenters. The molecule has 54 heavy (non-hydrogen) atoms. The molecule has 4 aliphatic heterocycles. The van der Waals surface area contributed by atoms with Crippen LogP contribution in [0.1, 0.15) is 72.4 Å². The number of hydrogen-bond donors (Lipinski definition) is 3. The van der Waals surface area contributed by atoms with Gasteiger partial charge in [-0.25, -0.2) is 0 Å². The molecule has 3 N–H and O–H groups in total. The number of piperidine rings is 2. The summed E-state index contributed by atoms with van der Waals surface area (Å²) < 4.78 is 11.8. The van der Waals surface area contributed by atoms with Crippen molar-refractivity contribution in [1.82, 2.24) is 35.1 Å². The van der Waals surface area contributed by atoms with Gasteiger partial charge in [0.1, 0.15) is 17.5 Å². The van der Waals surface area contributed by atoms with Crippen LogP contribution >= 0.6 is 0 Å². The maximum Gasteiger partial charge on any atom is 0.246 e. The van der Waals surface area contributed by atoms with Crippen LogP contribution in [0, 0.1) is 0 Å². The Kier molecular flexibility index (Phi) is 11.4. The first kappa shape index (κ1) is 37.3. The lowest BCUT2D eigenvalue weighted by Gasteiger charge is -2.35. The number of H-pyrrole nitrogens is 1. The zero-order valence-corrected chi connectivity index (χ0v) is 32.0. The quantitative estimate of drug-likeness (QED) is 0.230. The topological polar surface area (TPSA) is 118 Å². The molecule has 0 radical (unpaired) electrons. The van der Waals surface area contributed by atoms with Crippen molar-refractivity contribution in [3.05, 3.63) is 95.6 Å². The lowest BCUT2D eigenvalue weighted by atomic mass is 9.89. The largest absolute Gasteiger partial charge is 0.496 e. The summed E-state index contributed by atoms with van der Waals surface area (Å²) in [6.07, 6.45) is 9.16. The number of likely N-dealkylation sites (tertiary alicyclic amines) is 1. The summed E-state index contributed by atoms with van der Waals surface area (Å²) in [5, 5.41) is 13.6. The number of amides is 2. The predicted molar refractivity (Wildman–Crippen MR) is 212 cm³/mol. The van der Waals surface area contributed by atoms with Gasteiger partial charge in [0, 0.05) is 74.9 Å². The molecule has 12 nitrogen and oxygen atoms in total. The van der Waals surface area contributed by atoms with Crippen molar-refractivity contribution in [2.45, 2.75) is 57.0 Å². The molecule has 7 rings (SSSR count). The van der Waals surface area contributed by atoms with E-state index in [1.165, 1.54) is 5.56 Å². The van der Waals surface area contributed by atoms with E-state index in [9.17, 15) is 9.59 Å². The second-order valence-electron chi connectivity index (χ2n) is 14.9. The number of anilines is 1. The zero-order chi connectivity index (χ0) is 37.8. The fourth-order valence-electron chi connectivity index (χ4n) is 8.20. The minimum absolute atomic E-state index is 0.00694. The molecular formula is C42H54N8O4. The van der Waals surface area contributed by atoms with Crippen LogP contribution in [-0.2, 0) is 16.1 Å². The molecule has 0 spiro atoms. The second kappa shape index (κ2) is 16.5. The Morgan fingerprint density at radius 3 is 2.33 bits per heavy atom. The van der Waals surface area contributed by atoms with Gasteiger partial charge in [0.15, 0.2) is 0 Å². The Hall–Kier alpha value is -5.07. The number of piperazine rings is 1. The Morgan fingerprint density at radius 2 is 1.67 bits per heavy atom. The number of hydrogen-bond acceptors (Lipinski definition) is 9. The van der Waals surface area contributed by atoms with E-state index in [1.54, 1.807) is 14.2 Å². The smallest absolute Gasteiger partial charge is 0.246 e. The van der Waals surface area contributed by atoms with Crippen LogP contribution in [0.5, 0.6) is 11.5 Å². The average Bonchev–Trinajstić information content (AvgIpc) is 3.69. The summed E-state index contributed by atoms with van der Waals surface area (Å²) in [5.74, 6) is 2.32. The fraction of sp³-hybridized carbons (Fsp3) is 0.452. The van der Waals surface area contributed by atoms with Crippen molar-refractivity contribution < 1.29 is 19.1 Å². The van der Waals surface area contributed by atoms with Crippen molar-refractivity contribution in [3.63, 3.8) is 0 Å². The maximum absolute atomic E-state index is 13.2. The number of allylic oxidation sites excluding steroid dienone is 1. The molecule has 0 aliphatic carbocycles. The van der Waals surface area contributed by atoms with E-state index >= 15 is 0 Å². The number of aromatic nitrogens is 2. The van der Waals surface area contributed by atoms with Crippen LogP contribution in [0.2, 0.25) is 0 Å². The summed E-state index contributed by atoms with van der Waals surface area (Å²) >= 11 is 0. The number of nitrogens with zero attached hydrogens (tertiary/aromatic N) is 5. The van der Waals surface area contributed by atoms with Crippen molar-refractivity contribution in [2.24, 2.45) is 0 Å². The van der Waals surface area contributed by atoms with E-state index in [4.69, 9.17) is 9.47 Å². The van der Waals surface area contributed by atoms with Gasteiger partial charge in [-0.05, 0) is 93.0 Å². The van der Waals surface area contributed by atoms with Gasteiger partial charge in [-0.3, -0.25) is 19.6 Å². The van der Waals surface area contributed by atoms with Crippen molar-refractivity contribution in [1.29, 1.82) is 0 Å². The van der Waals surface area contributed by atoms with Gasteiger partial charge in [-0.2, -0.15) is 5.10 Å². The molecule has 0 saturated carbocycles. The minimum atomic E-state index is -0.215. The van der Waals surface area contributed by atoms with Crippen LogP contribution < -0.4 is 20.1 Å². The molecule has 1 atom stereocenters. The number of carbonyl (C=O) groups is 2. The molecule has 12 heteroatoms. The molecule has 3 fully saturated rings. The second-order valence-corrected chi connectivity index (χ2v) is 14.9. The average molecular weight is 735 g/mol. The van der Waals surface area contributed by atoms with Crippen LogP contribution in [0.25, 0.3) is 11.3 Å². The summed E-state index contributed by atoms with van der Waals surface area (Å²) in [4.78, 5) is 34.4. The molecule has 3 aromatic rings. The molecule has 4 aliphatic rings. The molecule has 0 bridgehead atoms. The molecule has 2 amide bonds. The van der Waals surface area contributed by atoms with E-state index in [0.717, 1.165) is 134 Å². The first-order chi connectivity index (χ1) is 26.2. The maximum atomic E-state index is 13.2. The van der Waals surface area contributed by atoms with Gasteiger partial charge in [0.25, 0.3) is 0 Å². The number of rotatable bonds is 12. The number of nitrogens with one attached hydrogen (secondary N) is 3. The SMILES string of the molecule is C=C1CCC(Nc2ccc(C3CCN(CCCC(=O)N4CCN(Cc5c(OC)cc(C6=CN(C)C(=C)c7[nH]ncc76)cc5OC)CC4)CC3)cc2)C(=O)N1. The van der Waals surface area contributed by atoms with E-state index in [0.29, 0.717) is 18.9 Å². The predicted octanol–water partition coefficient (Wildman–Crippen LogP) is 5.24. The van der Waals surface area contributed by atoms with Gasteiger partial charge in [-0.15, -0.1) is 0 Å². The first-order valence-electron chi connectivity index (χ1n) is 19.2. The third-order valence-electron chi connectivity index (χ3n) is 11.5. The van der Waals surface area contributed by atoms with Gasteiger partial charge in [-0.1, -0.05) is 25.3 Å². The third-order valence-corrected chi connectivity index (χ3v) is 11.5. The van der Waals surface area contributed by atoms with E-state index in [1.807, 2.05) is 23.0 Å². The third kappa shape index (κ3) is 8.19. The summed E-state index contributed by atoms with van der Waals surface area (Å²) in [6, 6.07) is 12.5. The number of aromatic amines is 1. The van der Waals surface area contributed by atoms with Crippen LogP contribution in [0.3, 0.4) is 0 Å². The van der Waals surface area contributed by atoms with E-state index in [2.05, 4.69) is 86.4 Å². The van der Waals surface area contributed by atoms with Crippen LogP contribution in [-0.4, -0.2) is 115 Å². The summed E-state index contributed by atoms with van der Waals surface area (Å²) in [5.41, 5.74) is 8.88. The lowest BCUT2D eigenvalue weighted by molar-refractivity contribution is -0.133. The number of ether oxygens (including phenoxy) is 2. The highest BCUT2D eigenvalue weighted by Crippen LogP contribution is 2.40. The zero-order valence-electron chi connectivity index (χ0n) is 32.0. The van der Waals surface area contributed by atoms with Crippen LogP contribution in [0.4, 0.5) is 5.69 Å². The highest BCUT2D eigenvalue weighted by molar-refractivity contribution is 5.89. The summed E-state index contributed by atoms with van der Waals surface area (Å²) in [7, 11) is 5.37. The molecule has 1 aromatic heterocycles. The lowest BCUT2D eigenvalue weighted by Crippen LogP contribution is -2.48. The van der Waals surface area contributed by atoms with Gasteiger partial charge < -0.3 is 34.8 Å². The number of benzene rings is 2. The highest BCUT2D eigenvalue weighted by atomic mass is 16.5. The molecular weight excluding hydrogens is 681 g/mol. The number of fused-ring (bicyclic) bond motifs is 1. The Morgan fingerprint density at radius 1 is 0.963 bits per heavy atom. The first-order valence-corrected chi connectivity index (χ1v) is 19.2. The number of methoxy groups -OCH3 is 2. The molecule has 5 heterocycles. The fourth-order valence-corrected chi connectivity index (χ4v) is 8.20. The Bertz CT molecular complexity index is 1860. The summed E-state index contributed by atoms with van der Waals surface area (Å²) in [6.45, 7) is 14.8. The van der Waals surface area contributed by atoms with E-state index in [-0.39, 0.29) is 17.9 Å². The molecule has 286 valence electrons. The van der Waals surface area contributed by atoms with E-state index < -0.39 is 0 Å². The molecule has 2 aromatic carbocycles. The minimum Gasteiger partial charge on any atom is -0.496 e. The Labute approximate surface area is 318 Å². The van der Waals surface area contributed by atoms with Gasteiger partial charge in [0.05, 0.1) is 37.4 Å². The van der Waals surface area contributed by atoms with Crippen molar-refractivity contribution in [3.8, 4) is 11.5 Å². The molecule has 3 saturated heterocycles. The van der Waals surface area contributed by atoms with Crippen LogP contribution in [0.15, 0.2) is 67.6 Å². The monoisotopic (exact) mass is 734 g/mol. The Balaban J connectivity index is 0.843. The normalized spacial score (nSPS) is 20.0. The van der Waals surface area contributed by atoms with Crippen molar-refractivity contribution >= 4 is 28.8 Å². The van der Waals surface area contributed by atoms with Gasteiger partial charge in [0.2, 0.25) is 11.8 Å². The standard InChI is InChI=1S/C42H54N8O4/c1-28-8-13-37(42(52)44-28)45-33-11-9-30(10-12-33)31-14-17-48(18-15-31)16-6-7-40(51)50-21-19-49(20-22-50)27-36-38(53-4)23-32(24-39(36)54-5)35-26-47(3)29(2)41-34(35)25-43-46-41/h9-12,23-26,31,37,45H,1-2,6-8,13-22,27H2,3-5H3,(H,43,46)(H,44,52). The number of carbonyl (C=O) groups excluding carboxylic acids is 2.